The lowest BCUT2D eigenvalue weighted by molar-refractivity contribution is 0.297. The van der Waals surface area contributed by atoms with Crippen molar-refractivity contribution in [2.45, 2.75) is 44.1 Å². The van der Waals surface area contributed by atoms with Crippen LogP contribution in [0.1, 0.15) is 44.1 Å². The molecule has 0 bridgehead atoms. The van der Waals surface area contributed by atoms with E-state index in [1.807, 2.05) is 0 Å². The number of ether oxygens (including phenoxy) is 1. The number of hydrogen-bond acceptors (Lipinski definition) is 2. The second-order valence-corrected chi connectivity index (χ2v) is 6.62. The summed E-state index contributed by atoms with van der Waals surface area (Å²) < 4.78 is 6.86. The second kappa shape index (κ2) is 4.86. The van der Waals surface area contributed by atoms with Gasteiger partial charge in [0.05, 0.1) is 11.1 Å². The van der Waals surface area contributed by atoms with Gasteiger partial charge in [0, 0.05) is 5.54 Å². The largest absolute Gasteiger partial charge is 0.492 e. The van der Waals surface area contributed by atoms with Crippen molar-refractivity contribution in [1.29, 1.82) is 0 Å². The number of nitrogens with two attached hydrogens (primary N) is 1. The summed E-state index contributed by atoms with van der Waals surface area (Å²) in [5, 5.41) is 0. The van der Waals surface area contributed by atoms with Gasteiger partial charge >= 0.3 is 0 Å². The third kappa shape index (κ3) is 2.57. The molecule has 18 heavy (non-hydrogen) atoms. The molecule has 98 valence electrons. The summed E-state index contributed by atoms with van der Waals surface area (Å²) in [7, 11) is 0. The molecule has 2 aliphatic carbocycles. The molecule has 2 saturated carbocycles. The standard InChI is InChI=1S/C15H20BrNO/c16-13-9-12(15(17)7-1-2-8-15)5-6-14(13)18-10-11-3-4-11/h5-6,9,11H,1-4,7-8,10,17H2. The molecule has 3 rings (SSSR count). The molecule has 0 radical (unpaired) electrons. The number of halogens is 1. The maximum atomic E-state index is 6.47. The van der Waals surface area contributed by atoms with Crippen LogP contribution in [-0.4, -0.2) is 6.61 Å². The average molecular weight is 310 g/mol. The van der Waals surface area contributed by atoms with E-state index in [0.29, 0.717) is 0 Å². The molecule has 2 N–H and O–H groups in total. The lowest BCUT2D eigenvalue weighted by atomic mass is 9.89. The molecule has 3 heteroatoms. The zero-order valence-electron chi connectivity index (χ0n) is 10.6. The summed E-state index contributed by atoms with van der Waals surface area (Å²) in [6, 6.07) is 6.35. The van der Waals surface area contributed by atoms with Crippen molar-refractivity contribution in [3.63, 3.8) is 0 Å². The van der Waals surface area contributed by atoms with E-state index in [0.717, 1.165) is 35.6 Å². The van der Waals surface area contributed by atoms with Crippen molar-refractivity contribution >= 4 is 15.9 Å². The van der Waals surface area contributed by atoms with E-state index in [4.69, 9.17) is 10.5 Å². The van der Waals surface area contributed by atoms with Crippen molar-refractivity contribution in [2.75, 3.05) is 6.61 Å². The molecule has 0 aromatic heterocycles. The van der Waals surface area contributed by atoms with E-state index < -0.39 is 0 Å². The first-order valence-corrected chi connectivity index (χ1v) is 7.68. The minimum absolute atomic E-state index is 0.114. The Labute approximate surface area is 117 Å². The Morgan fingerprint density at radius 1 is 1.28 bits per heavy atom. The Morgan fingerprint density at radius 2 is 2.00 bits per heavy atom. The molecule has 0 aliphatic heterocycles. The lowest BCUT2D eigenvalue weighted by Gasteiger charge is -2.24. The molecule has 1 aromatic carbocycles. The molecule has 0 saturated heterocycles. The van der Waals surface area contributed by atoms with Gasteiger partial charge in [0.25, 0.3) is 0 Å². The van der Waals surface area contributed by atoms with Crippen LogP contribution in [-0.2, 0) is 5.54 Å². The highest BCUT2D eigenvalue weighted by atomic mass is 79.9. The van der Waals surface area contributed by atoms with Crippen LogP contribution in [0.3, 0.4) is 0 Å². The fourth-order valence-electron chi connectivity index (χ4n) is 2.71. The average Bonchev–Trinajstić information content (AvgIpc) is 3.08. The highest BCUT2D eigenvalue weighted by molar-refractivity contribution is 9.10. The summed E-state index contributed by atoms with van der Waals surface area (Å²) in [6.45, 7) is 0.853. The quantitative estimate of drug-likeness (QED) is 0.913. The van der Waals surface area contributed by atoms with E-state index in [2.05, 4.69) is 34.1 Å². The van der Waals surface area contributed by atoms with Gasteiger partial charge in [-0.3, -0.25) is 0 Å². The van der Waals surface area contributed by atoms with E-state index >= 15 is 0 Å². The van der Waals surface area contributed by atoms with Gasteiger partial charge in [-0.15, -0.1) is 0 Å². The molecule has 2 aliphatic rings. The third-order valence-corrected chi connectivity index (χ3v) is 4.79. The molecule has 0 spiro atoms. The second-order valence-electron chi connectivity index (χ2n) is 5.76. The molecule has 0 amide bonds. The van der Waals surface area contributed by atoms with Gasteiger partial charge in [-0.05, 0) is 65.2 Å². The van der Waals surface area contributed by atoms with Gasteiger partial charge in [0.1, 0.15) is 5.75 Å². The van der Waals surface area contributed by atoms with Crippen LogP contribution in [0.5, 0.6) is 5.75 Å². The van der Waals surface area contributed by atoms with Crippen LogP contribution in [0, 0.1) is 5.92 Å². The fourth-order valence-corrected chi connectivity index (χ4v) is 3.21. The molecular formula is C15H20BrNO. The molecular weight excluding hydrogens is 290 g/mol. The first-order chi connectivity index (χ1) is 8.67. The van der Waals surface area contributed by atoms with Crippen LogP contribution in [0.25, 0.3) is 0 Å². The molecule has 2 fully saturated rings. The Balaban J connectivity index is 1.74. The zero-order chi connectivity index (χ0) is 12.6. The Kier molecular flexibility index (Phi) is 3.37. The maximum absolute atomic E-state index is 6.47. The van der Waals surface area contributed by atoms with Gasteiger partial charge in [0.2, 0.25) is 0 Å². The van der Waals surface area contributed by atoms with Gasteiger partial charge in [-0.2, -0.15) is 0 Å². The first-order valence-electron chi connectivity index (χ1n) is 6.89. The summed E-state index contributed by atoms with van der Waals surface area (Å²) in [5.74, 6) is 1.74. The predicted octanol–water partition coefficient (Wildman–Crippen LogP) is 3.97. The van der Waals surface area contributed by atoms with Crippen molar-refractivity contribution in [2.24, 2.45) is 11.7 Å². The zero-order valence-corrected chi connectivity index (χ0v) is 12.2. The summed E-state index contributed by atoms with van der Waals surface area (Å²) in [6.07, 6.45) is 7.33. The number of rotatable bonds is 4. The van der Waals surface area contributed by atoms with Crippen LogP contribution in [0.15, 0.2) is 22.7 Å². The highest BCUT2D eigenvalue weighted by Gasteiger charge is 2.31. The van der Waals surface area contributed by atoms with Gasteiger partial charge < -0.3 is 10.5 Å². The number of hydrogen-bond donors (Lipinski definition) is 1. The Bertz CT molecular complexity index is 436. The lowest BCUT2D eigenvalue weighted by Crippen LogP contribution is -2.32. The van der Waals surface area contributed by atoms with Gasteiger partial charge in [-0.1, -0.05) is 18.9 Å². The SMILES string of the molecule is NC1(c2ccc(OCC3CC3)c(Br)c2)CCCC1. The van der Waals surface area contributed by atoms with Crippen molar-refractivity contribution < 1.29 is 4.74 Å². The molecule has 0 atom stereocenters. The van der Waals surface area contributed by atoms with E-state index in [9.17, 15) is 0 Å². The topological polar surface area (TPSA) is 35.2 Å². The van der Waals surface area contributed by atoms with Crippen LogP contribution < -0.4 is 10.5 Å². The molecule has 2 nitrogen and oxygen atoms in total. The minimum Gasteiger partial charge on any atom is -0.492 e. The summed E-state index contributed by atoms with van der Waals surface area (Å²) in [5.41, 5.74) is 7.60. The normalized spacial score (nSPS) is 22.1. The van der Waals surface area contributed by atoms with E-state index in [1.54, 1.807) is 0 Å². The van der Waals surface area contributed by atoms with Crippen molar-refractivity contribution in [3.05, 3.63) is 28.2 Å². The van der Waals surface area contributed by atoms with Crippen molar-refractivity contribution in [1.82, 2.24) is 0 Å². The smallest absolute Gasteiger partial charge is 0.133 e. The minimum atomic E-state index is -0.114. The maximum Gasteiger partial charge on any atom is 0.133 e. The molecule has 1 aromatic rings. The Morgan fingerprint density at radius 3 is 2.61 bits per heavy atom. The van der Waals surface area contributed by atoms with Gasteiger partial charge in [0.15, 0.2) is 0 Å². The first kappa shape index (κ1) is 12.5. The Hall–Kier alpha value is -0.540. The van der Waals surface area contributed by atoms with Crippen molar-refractivity contribution in [3.8, 4) is 5.75 Å². The predicted molar refractivity (Wildman–Crippen MR) is 76.7 cm³/mol. The molecule has 0 unspecified atom stereocenters. The highest BCUT2D eigenvalue weighted by Crippen LogP contribution is 2.39. The monoisotopic (exact) mass is 309 g/mol. The van der Waals surface area contributed by atoms with E-state index in [-0.39, 0.29) is 5.54 Å². The van der Waals surface area contributed by atoms with Crippen LogP contribution in [0.4, 0.5) is 0 Å². The van der Waals surface area contributed by atoms with Gasteiger partial charge in [-0.25, -0.2) is 0 Å². The van der Waals surface area contributed by atoms with E-state index in [1.165, 1.54) is 31.2 Å². The summed E-state index contributed by atoms with van der Waals surface area (Å²) >= 11 is 3.61. The number of benzene rings is 1. The van der Waals surface area contributed by atoms with Crippen LogP contribution >= 0.6 is 15.9 Å². The third-order valence-electron chi connectivity index (χ3n) is 4.17. The summed E-state index contributed by atoms with van der Waals surface area (Å²) in [4.78, 5) is 0. The molecule has 0 heterocycles. The van der Waals surface area contributed by atoms with Crippen LogP contribution in [0.2, 0.25) is 0 Å². The fraction of sp³-hybridized carbons (Fsp3) is 0.600.